The van der Waals surface area contributed by atoms with E-state index in [9.17, 15) is 9.59 Å². The number of nitrogens with zero attached hydrogens (tertiary/aromatic N) is 2. The van der Waals surface area contributed by atoms with Crippen molar-refractivity contribution in [1.82, 2.24) is 15.1 Å². The number of carbonyl (C=O) groups is 2. The molecule has 110 valence electrons. The van der Waals surface area contributed by atoms with Crippen LogP contribution in [0.2, 0.25) is 0 Å². The highest BCUT2D eigenvalue weighted by Gasteiger charge is 2.09. The number of carboxylic acid groups (broad SMARTS) is 1. The molecule has 7 nitrogen and oxygen atoms in total. The molecule has 0 aliphatic carbocycles. The third-order valence-corrected chi connectivity index (χ3v) is 2.76. The first-order chi connectivity index (χ1) is 10.0. The molecule has 1 unspecified atom stereocenters. The van der Waals surface area contributed by atoms with Gasteiger partial charge in [0.2, 0.25) is 0 Å². The van der Waals surface area contributed by atoms with Gasteiger partial charge in [-0.15, -0.1) is 0 Å². The summed E-state index contributed by atoms with van der Waals surface area (Å²) in [6.45, 7) is 2.41. The molecule has 0 spiro atoms. The van der Waals surface area contributed by atoms with Crippen LogP contribution in [-0.4, -0.2) is 32.9 Å². The van der Waals surface area contributed by atoms with E-state index in [1.54, 1.807) is 23.0 Å². The highest BCUT2D eigenvalue weighted by atomic mass is 16.4. The molecule has 2 amide bonds. The smallest absolute Gasteiger partial charge is 0.335 e. The van der Waals surface area contributed by atoms with Crippen molar-refractivity contribution in [3.05, 3.63) is 48.3 Å². The Balaban J connectivity index is 1.89. The number of carboxylic acids is 1. The van der Waals surface area contributed by atoms with Gasteiger partial charge < -0.3 is 15.7 Å². The van der Waals surface area contributed by atoms with Gasteiger partial charge in [-0.2, -0.15) is 5.10 Å². The van der Waals surface area contributed by atoms with E-state index in [-0.39, 0.29) is 11.6 Å². The Labute approximate surface area is 121 Å². The van der Waals surface area contributed by atoms with Crippen LogP contribution < -0.4 is 10.6 Å². The maximum Gasteiger partial charge on any atom is 0.335 e. The highest BCUT2D eigenvalue weighted by Crippen LogP contribution is 2.10. The second-order valence-electron chi connectivity index (χ2n) is 4.61. The maximum atomic E-state index is 11.8. The fourth-order valence-corrected chi connectivity index (χ4v) is 1.86. The van der Waals surface area contributed by atoms with Crippen LogP contribution in [0.4, 0.5) is 10.5 Å². The van der Waals surface area contributed by atoms with E-state index in [0.717, 1.165) is 0 Å². The monoisotopic (exact) mass is 288 g/mol. The third-order valence-electron chi connectivity index (χ3n) is 2.76. The molecule has 0 fully saturated rings. The lowest BCUT2D eigenvalue weighted by molar-refractivity contribution is 0.0697. The number of carbonyl (C=O) groups excluding carboxylic acids is 1. The SMILES string of the molecule is CC(Cn1cccn1)NC(=O)Nc1cccc(C(=O)O)c1. The van der Waals surface area contributed by atoms with Crippen LogP contribution >= 0.6 is 0 Å². The predicted molar refractivity (Wildman–Crippen MR) is 77.2 cm³/mol. The summed E-state index contributed by atoms with van der Waals surface area (Å²) >= 11 is 0. The summed E-state index contributed by atoms with van der Waals surface area (Å²) in [7, 11) is 0. The number of hydrogen-bond donors (Lipinski definition) is 3. The molecule has 0 saturated heterocycles. The predicted octanol–water partition coefficient (Wildman–Crippen LogP) is 1.79. The first-order valence-electron chi connectivity index (χ1n) is 6.43. The summed E-state index contributed by atoms with van der Waals surface area (Å²) in [4.78, 5) is 22.7. The molecule has 21 heavy (non-hydrogen) atoms. The van der Waals surface area contributed by atoms with Crippen molar-refractivity contribution in [2.24, 2.45) is 0 Å². The molecule has 0 bridgehead atoms. The number of aromatic carboxylic acids is 1. The number of urea groups is 1. The molecule has 1 heterocycles. The summed E-state index contributed by atoms with van der Waals surface area (Å²) in [6, 6.07) is 7.37. The minimum absolute atomic E-state index is 0.118. The van der Waals surface area contributed by atoms with Crippen LogP contribution in [0.25, 0.3) is 0 Å². The van der Waals surface area contributed by atoms with Gasteiger partial charge in [-0.25, -0.2) is 9.59 Å². The first-order valence-corrected chi connectivity index (χ1v) is 6.43. The summed E-state index contributed by atoms with van der Waals surface area (Å²) in [5, 5.41) is 18.3. The lowest BCUT2D eigenvalue weighted by atomic mass is 10.2. The van der Waals surface area contributed by atoms with Crippen LogP contribution in [0, 0.1) is 0 Å². The molecule has 0 saturated carbocycles. The van der Waals surface area contributed by atoms with Crippen LogP contribution in [-0.2, 0) is 6.54 Å². The van der Waals surface area contributed by atoms with E-state index < -0.39 is 12.0 Å². The van der Waals surface area contributed by atoms with Gasteiger partial charge in [-0.3, -0.25) is 4.68 Å². The molecule has 0 radical (unpaired) electrons. The molecular weight excluding hydrogens is 272 g/mol. The van der Waals surface area contributed by atoms with Crippen molar-refractivity contribution >= 4 is 17.7 Å². The molecule has 3 N–H and O–H groups in total. The van der Waals surface area contributed by atoms with E-state index in [1.165, 1.54) is 12.1 Å². The number of aromatic nitrogens is 2. The quantitative estimate of drug-likeness (QED) is 0.781. The van der Waals surface area contributed by atoms with Crippen LogP contribution in [0.1, 0.15) is 17.3 Å². The summed E-state index contributed by atoms with van der Waals surface area (Å²) in [5.74, 6) is -1.04. The van der Waals surface area contributed by atoms with Crippen molar-refractivity contribution in [2.75, 3.05) is 5.32 Å². The zero-order valence-corrected chi connectivity index (χ0v) is 11.5. The topological polar surface area (TPSA) is 96.3 Å². The summed E-state index contributed by atoms with van der Waals surface area (Å²) < 4.78 is 1.72. The van der Waals surface area contributed by atoms with Crippen LogP contribution in [0.15, 0.2) is 42.7 Å². The van der Waals surface area contributed by atoms with Crippen LogP contribution in [0.5, 0.6) is 0 Å². The number of benzene rings is 1. The van der Waals surface area contributed by atoms with Crippen molar-refractivity contribution in [3.8, 4) is 0 Å². The summed E-state index contributed by atoms with van der Waals surface area (Å²) in [5.41, 5.74) is 0.552. The van der Waals surface area contributed by atoms with Gasteiger partial charge in [-0.05, 0) is 31.2 Å². The molecule has 1 atom stereocenters. The highest BCUT2D eigenvalue weighted by molar-refractivity contribution is 5.93. The zero-order valence-electron chi connectivity index (χ0n) is 11.5. The Hall–Kier alpha value is -2.83. The second kappa shape index (κ2) is 6.56. The van der Waals surface area contributed by atoms with Crippen molar-refractivity contribution in [3.63, 3.8) is 0 Å². The van der Waals surface area contributed by atoms with E-state index in [0.29, 0.717) is 12.2 Å². The summed E-state index contributed by atoms with van der Waals surface area (Å²) in [6.07, 6.45) is 3.48. The van der Waals surface area contributed by atoms with Crippen molar-refractivity contribution < 1.29 is 14.7 Å². The molecule has 1 aromatic carbocycles. The number of nitrogens with one attached hydrogen (secondary N) is 2. The third kappa shape index (κ3) is 4.34. The lowest BCUT2D eigenvalue weighted by Gasteiger charge is -2.14. The van der Waals surface area contributed by atoms with Gasteiger partial charge in [0.05, 0.1) is 12.1 Å². The molecular formula is C14H16N4O3. The molecule has 0 aliphatic rings. The molecule has 7 heteroatoms. The molecule has 1 aromatic heterocycles. The van der Waals surface area contributed by atoms with E-state index in [4.69, 9.17) is 5.11 Å². The Morgan fingerprint density at radius 3 is 2.86 bits per heavy atom. The molecule has 0 aliphatic heterocycles. The second-order valence-corrected chi connectivity index (χ2v) is 4.61. The Morgan fingerprint density at radius 1 is 1.38 bits per heavy atom. The van der Waals surface area contributed by atoms with Crippen molar-refractivity contribution in [1.29, 1.82) is 0 Å². The van der Waals surface area contributed by atoms with Gasteiger partial charge in [0.15, 0.2) is 0 Å². The first kappa shape index (κ1) is 14.6. The van der Waals surface area contributed by atoms with Gasteiger partial charge in [0.25, 0.3) is 0 Å². The fraction of sp³-hybridized carbons (Fsp3) is 0.214. The van der Waals surface area contributed by atoms with Gasteiger partial charge in [0.1, 0.15) is 0 Å². The fourth-order valence-electron chi connectivity index (χ4n) is 1.86. The van der Waals surface area contributed by atoms with Gasteiger partial charge in [0, 0.05) is 24.1 Å². The minimum Gasteiger partial charge on any atom is -0.478 e. The van der Waals surface area contributed by atoms with Crippen LogP contribution in [0.3, 0.4) is 0 Å². The molecule has 2 aromatic rings. The lowest BCUT2D eigenvalue weighted by Crippen LogP contribution is -2.38. The Bertz CT molecular complexity index is 625. The average Bonchev–Trinajstić information content (AvgIpc) is 2.91. The minimum atomic E-state index is -1.04. The standard InChI is InChI=1S/C14H16N4O3/c1-10(9-18-7-3-6-15-18)16-14(21)17-12-5-2-4-11(8-12)13(19)20/h2-8,10H,9H2,1H3,(H,19,20)(H2,16,17,21). The Kier molecular flexibility index (Phi) is 4.55. The number of hydrogen-bond acceptors (Lipinski definition) is 3. The van der Waals surface area contributed by atoms with E-state index in [2.05, 4.69) is 15.7 Å². The number of rotatable bonds is 5. The number of amides is 2. The van der Waals surface area contributed by atoms with Crippen molar-refractivity contribution in [2.45, 2.75) is 19.5 Å². The van der Waals surface area contributed by atoms with E-state index in [1.807, 2.05) is 19.2 Å². The van der Waals surface area contributed by atoms with Gasteiger partial charge in [-0.1, -0.05) is 6.07 Å². The Morgan fingerprint density at radius 2 is 2.19 bits per heavy atom. The van der Waals surface area contributed by atoms with Gasteiger partial charge >= 0.3 is 12.0 Å². The zero-order chi connectivity index (χ0) is 15.2. The maximum absolute atomic E-state index is 11.8. The normalized spacial score (nSPS) is 11.7. The molecule has 2 rings (SSSR count). The number of anilines is 1. The van der Waals surface area contributed by atoms with E-state index >= 15 is 0 Å². The largest absolute Gasteiger partial charge is 0.478 e. The average molecular weight is 288 g/mol.